The zero-order chi connectivity index (χ0) is 25.3. The van der Waals surface area contributed by atoms with E-state index in [0.717, 1.165) is 32.1 Å². The summed E-state index contributed by atoms with van der Waals surface area (Å²) in [5.74, 6) is -2.24. The standard InChI is InChI=1S/C26H34O8/c1-5-7-9-11-16-13-17(27)14-20(22(16)25(29)30)34-24-18(12-10-8-6-2)23(26(31)33-4)19(28)15-21(24)32-3/h13-15,27-28H,5-12H2,1-4H3,(H,29,30). The normalized spacial score (nSPS) is 10.7. The number of carboxylic acids is 1. The lowest BCUT2D eigenvalue weighted by molar-refractivity contribution is 0.0594. The van der Waals surface area contributed by atoms with Crippen molar-refractivity contribution in [3.63, 3.8) is 0 Å². The van der Waals surface area contributed by atoms with Gasteiger partial charge in [0.05, 0.1) is 14.2 Å². The van der Waals surface area contributed by atoms with Crippen LogP contribution in [0.1, 0.15) is 84.2 Å². The molecular weight excluding hydrogens is 440 g/mol. The van der Waals surface area contributed by atoms with Gasteiger partial charge in [-0.2, -0.15) is 0 Å². The Morgan fingerprint density at radius 2 is 1.50 bits per heavy atom. The van der Waals surface area contributed by atoms with E-state index < -0.39 is 11.9 Å². The number of rotatable bonds is 13. The second-order valence-corrected chi connectivity index (χ2v) is 8.07. The van der Waals surface area contributed by atoms with Crippen molar-refractivity contribution in [2.24, 2.45) is 0 Å². The summed E-state index contributed by atoms with van der Waals surface area (Å²) in [5, 5.41) is 30.8. The molecule has 8 heteroatoms. The molecule has 0 aliphatic heterocycles. The third kappa shape index (κ3) is 6.34. The first-order valence-electron chi connectivity index (χ1n) is 11.6. The molecular formula is C26H34O8. The molecule has 34 heavy (non-hydrogen) atoms. The maximum atomic E-state index is 12.5. The third-order valence-electron chi connectivity index (χ3n) is 5.61. The SMILES string of the molecule is CCCCCc1cc(O)cc(Oc2c(OC)cc(O)c(C(=O)OC)c2CCCCC)c1C(=O)O. The number of esters is 1. The van der Waals surface area contributed by atoms with Gasteiger partial charge >= 0.3 is 11.9 Å². The summed E-state index contributed by atoms with van der Waals surface area (Å²) in [6, 6.07) is 3.89. The quantitative estimate of drug-likeness (QED) is 0.244. The second kappa shape index (κ2) is 12.7. The summed E-state index contributed by atoms with van der Waals surface area (Å²) in [7, 11) is 2.59. The lowest BCUT2D eigenvalue weighted by Crippen LogP contribution is -2.11. The molecule has 0 fully saturated rings. The van der Waals surface area contributed by atoms with Crippen molar-refractivity contribution >= 4 is 11.9 Å². The molecule has 0 aliphatic rings. The topological polar surface area (TPSA) is 123 Å². The Labute approximate surface area is 200 Å². The number of hydrogen-bond donors (Lipinski definition) is 3. The fraction of sp³-hybridized carbons (Fsp3) is 0.462. The Bertz CT molecular complexity index is 1010. The molecule has 0 atom stereocenters. The number of carbonyl (C=O) groups excluding carboxylic acids is 1. The molecule has 3 N–H and O–H groups in total. The van der Waals surface area contributed by atoms with Crippen LogP contribution in [0, 0.1) is 0 Å². The molecule has 0 heterocycles. The third-order valence-corrected chi connectivity index (χ3v) is 5.61. The maximum Gasteiger partial charge on any atom is 0.342 e. The Hall–Kier alpha value is -3.42. The van der Waals surface area contributed by atoms with Gasteiger partial charge in [-0.3, -0.25) is 0 Å². The number of benzene rings is 2. The van der Waals surface area contributed by atoms with Crippen molar-refractivity contribution in [3.05, 3.63) is 40.5 Å². The van der Waals surface area contributed by atoms with Gasteiger partial charge in [-0.25, -0.2) is 9.59 Å². The Balaban J connectivity index is 2.71. The molecule has 0 amide bonds. The summed E-state index contributed by atoms with van der Waals surface area (Å²) in [6.07, 6.45) is 5.96. The van der Waals surface area contributed by atoms with Gasteiger partial charge in [0.1, 0.15) is 28.4 Å². The van der Waals surface area contributed by atoms with Gasteiger partial charge in [-0.1, -0.05) is 39.5 Å². The predicted molar refractivity (Wildman–Crippen MR) is 128 cm³/mol. The number of phenolic OH excluding ortho intramolecular Hbond substituents is 2. The average molecular weight is 475 g/mol. The Morgan fingerprint density at radius 3 is 2.06 bits per heavy atom. The molecule has 2 aromatic rings. The summed E-state index contributed by atoms with van der Waals surface area (Å²) in [4.78, 5) is 24.7. The number of hydrogen-bond acceptors (Lipinski definition) is 7. The van der Waals surface area contributed by atoms with Crippen molar-refractivity contribution < 1.29 is 39.1 Å². The van der Waals surface area contributed by atoms with E-state index in [1.165, 1.54) is 32.4 Å². The summed E-state index contributed by atoms with van der Waals surface area (Å²) >= 11 is 0. The highest BCUT2D eigenvalue weighted by atomic mass is 16.5. The number of carboxylic acid groups (broad SMARTS) is 1. The lowest BCUT2D eigenvalue weighted by atomic mass is 9.97. The largest absolute Gasteiger partial charge is 0.508 e. The van der Waals surface area contributed by atoms with Gasteiger partial charge in [0.2, 0.25) is 0 Å². The van der Waals surface area contributed by atoms with E-state index in [2.05, 4.69) is 0 Å². The van der Waals surface area contributed by atoms with Gasteiger partial charge in [0, 0.05) is 17.7 Å². The number of phenols is 2. The minimum atomic E-state index is -1.19. The first-order valence-corrected chi connectivity index (χ1v) is 11.6. The molecule has 0 saturated carbocycles. The molecule has 0 unspecified atom stereocenters. The van der Waals surface area contributed by atoms with Gasteiger partial charge < -0.3 is 29.5 Å². The lowest BCUT2D eigenvalue weighted by Gasteiger charge is -2.20. The number of methoxy groups -OCH3 is 2. The van der Waals surface area contributed by atoms with Gasteiger partial charge in [0.15, 0.2) is 11.5 Å². The number of carbonyl (C=O) groups is 2. The molecule has 0 saturated heterocycles. The second-order valence-electron chi connectivity index (χ2n) is 8.07. The van der Waals surface area contributed by atoms with Crippen LogP contribution in [-0.4, -0.2) is 41.5 Å². The van der Waals surface area contributed by atoms with Crippen molar-refractivity contribution in [1.82, 2.24) is 0 Å². The van der Waals surface area contributed by atoms with Crippen LogP contribution in [0.3, 0.4) is 0 Å². The maximum absolute atomic E-state index is 12.5. The number of aryl methyl sites for hydroxylation is 1. The highest BCUT2D eigenvalue weighted by Gasteiger charge is 2.27. The summed E-state index contributed by atoms with van der Waals surface area (Å²) < 4.78 is 16.4. The van der Waals surface area contributed by atoms with Crippen molar-refractivity contribution in [2.75, 3.05) is 14.2 Å². The van der Waals surface area contributed by atoms with E-state index in [1.54, 1.807) is 0 Å². The highest BCUT2D eigenvalue weighted by molar-refractivity contribution is 5.96. The smallest absolute Gasteiger partial charge is 0.342 e. The van der Waals surface area contributed by atoms with Gasteiger partial charge in [0.25, 0.3) is 0 Å². The molecule has 0 aliphatic carbocycles. The van der Waals surface area contributed by atoms with Crippen LogP contribution in [0.5, 0.6) is 28.7 Å². The van der Waals surface area contributed by atoms with Crippen LogP contribution in [-0.2, 0) is 17.6 Å². The van der Waals surface area contributed by atoms with Crippen LogP contribution < -0.4 is 9.47 Å². The van der Waals surface area contributed by atoms with Crippen LogP contribution >= 0.6 is 0 Å². The Kier molecular flexibility index (Phi) is 10.0. The van der Waals surface area contributed by atoms with E-state index in [4.69, 9.17) is 14.2 Å². The molecule has 0 radical (unpaired) electrons. The fourth-order valence-corrected chi connectivity index (χ4v) is 3.92. The van der Waals surface area contributed by atoms with Gasteiger partial charge in [-0.15, -0.1) is 0 Å². The molecule has 0 spiro atoms. The molecule has 2 rings (SSSR count). The fourth-order valence-electron chi connectivity index (χ4n) is 3.92. The van der Waals surface area contributed by atoms with E-state index in [-0.39, 0.29) is 39.9 Å². The average Bonchev–Trinajstić information content (AvgIpc) is 2.79. The number of aromatic hydroxyl groups is 2. The van der Waals surface area contributed by atoms with Crippen LogP contribution in [0.15, 0.2) is 18.2 Å². The van der Waals surface area contributed by atoms with Gasteiger partial charge in [-0.05, 0) is 37.3 Å². The first kappa shape index (κ1) is 26.8. The number of ether oxygens (including phenoxy) is 3. The van der Waals surface area contributed by atoms with E-state index >= 15 is 0 Å². The van der Waals surface area contributed by atoms with E-state index in [9.17, 15) is 24.9 Å². The Morgan fingerprint density at radius 1 is 0.853 bits per heavy atom. The first-order chi connectivity index (χ1) is 16.3. The van der Waals surface area contributed by atoms with E-state index in [1.807, 2.05) is 13.8 Å². The predicted octanol–water partition coefficient (Wildman–Crippen LogP) is 5.85. The summed E-state index contributed by atoms with van der Waals surface area (Å²) in [6.45, 7) is 4.08. The minimum absolute atomic E-state index is 0.0606. The number of unbranched alkanes of at least 4 members (excludes halogenated alkanes) is 4. The van der Waals surface area contributed by atoms with Crippen molar-refractivity contribution in [2.45, 2.75) is 65.2 Å². The monoisotopic (exact) mass is 474 g/mol. The molecule has 186 valence electrons. The molecule has 8 nitrogen and oxygen atoms in total. The van der Waals surface area contributed by atoms with Crippen molar-refractivity contribution in [3.8, 4) is 28.7 Å². The molecule has 2 aromatic carbocycles. The van der Waals surface area contributed by atoms with Crippen LogP contribution in [0.4, 0.5) is 0 Å². The van der Waals surface area contributed by atoms with Crippen molar-refractivity contribution in [1.29, 1.82) is 0 Å². The van der Waals surface area contributed by atoms with E-state index in [0.29, 0.717) is 30.4 Å². The highest BCUT2D eigenvalue weighted by Crippen LogP contribution is 2.44. The zero-order valence-corrected chi connectivity index (χ0v) is 20.3. The minimum Gasteiger partial charge on any atom is -0.508 e. The summed E-state index contributed by atoms with van der Waals surface area (Å²) in [5.41, 5.74) is 0.677. The molecule has 0 aromatic heterocycles. The van der Waals surface area contributed by atoms with Crippen LogP contribution in [0.2, 0.25) is 0 Å². The van der Waals surface area contributed by atoms with Crippen LogP contribution in [0.25, 0.3) is 0 Å². The zero-order valence-electron chi connectivity index (χ0n) is 20.3. The number of aromatic carboxylic acids is 1. The molecule has 0 bridgehead atoms.